The van der Waals surface area contributed by atoms with Crippen molar-refractivity contribution in [3.05, 3.63) is 0 Å². The Morgan fingerprint density at radius 2 is 2.36 bits per heavy atom. The minimum Gasteiger partial charge on any atom is -0.462 e. The Labute approximate surface area is 62.2 Å². The highest BCUT2D eigenvalue weighted by molar-refractivity contribution is 5.73. The Morgan fingerprint density at radius 3 is 3.00 bits per heavy atom. The van der Waals surface area contributed by atoms with Gasteiger partial charge in [-0.05, 0) is 6.42 Å². The summed E-state index contributed by atoms with van der Waals surface area (Å²) in [6.07, 6.45) is -1.84. The Balaban J connectivity index is 2.13. The fourth-order valence-corrected chi connectivity index (χ4v) is 1.36. The van der Waals surface area contributed by atoms with Crippen LogP contribution in [-0.4, -0.2) is 24.6 Å². The van der Waals surface area contributed by atoms with E-state index in [-0.39, 0.29) is 18.0 Å². The largest absolute Gasteiger partial charge is 0.462 e. The van der Waals surface area contributed by atoms with Crippen LogP contribution in [0, 0.1) is 5.92 Å². The monoisotopic (exact) mass is 162 g/mol. The predicted octanol–water partition coefficient (Wildman–Crippen LogP) is 0.353. The summed E-state index contributed by atoms with van der Waals surface area (Å²) in [7, 11) is 0. The molecule has 5 heteroatoms. The highest BCUT2D eigenvalue weighted by Crippen LogP contribution is 2.42. The van der Waals surface area contributed by atoms with Gasteiger partial charge in [0.25, 0.3) is 12.4 Å². The molecule has 1 aliphatic heterocycles. The molecule has 2 N–H and O–H groups in total. The number of hydrogen-bond donors (Lipinski definition) is 1. The molecular weight excluding hydrogens is 154 g/mol. The van der Waals surface area contributed by atoms with Crippen molar-refractivity contribution in [1.82, 2.24) is 0 Å². The second kappa shape index (κ2) is 2.06. The SMILES string of the molecule is NC1=NC(C(F)F)C2CC2O1. The summed E-state index contributed by atoms with van der Waals surface area (Å²) in [4.78, 5) is 3.53. The fourth-order valence-electron chi connectivity index (χ4n) is 1.36. The van der Waals surface area contributed by atoms with E-state index in [1.54, 1.807) is 0 Å². The van der Waals surface area contributed by atoms with Gasteiger partial charge in [-0.2, -0.15) is 0 Å². The molecule has 0 spiro atoms. The van der Waals surface area contributed by atoms with E-state index < -0.39 is 12.5 Å². The van der Waals surface area contributed by atoms with Gasteiger partial charge in [-0.3, -0.25) is 0 Å². The average molecular weight is 162 g/mol. The minimum atomic E-state index is -2.41. The molecule has 62 valence electrons. The first kappa shape index (κ1) is 6.82. The highest BCUT2D eigenvalue weighted by atomic mass is 19.3. The number of halogens is 2. The van der Waals surface area contributed by atoms with Crippen LogP contribution in [-0.2, 0) is 4.74 Å². The lowest BCUT2D eigenvalue weighted by Crippen LogP contribution is -2.32. The second-order valence-corrected chi connectivity index (χ2v) is 2.85. The molecule has 0 radical (unpaired) electrons. The van der Waals surface area contributed by atoms with Crippen molar-refractivity contribution < 1.29 is 13.5 Å². The Kier molecular flexibility index (Phi) is 1.27. The molecule has 11 heavy (non-hydrogen) atoms. The molecule has 1 saturated carbocycles. The third-order valence-electron chi connectivity index (χ3n) is 2.02. The van der Waals surface area contributed by atoms with Crippen LogP contribution in [0.25, 0.3) is 0 Å². The standard InChI is InChI=1S/C6H8F2N2O/c7-5(8)4-2-1-3(2)11-6(9)10-4/h2-5H,1H2,(H2,9,10). The number of fused-ring (bicyclic) bond motifs is 1. The van der Waals surface area contributed by atoms with E-state index in [2.05, 4.69) is 4.99 Å². The van der Waals surface area contributed by atoms with Gasteiger partial charge in [-0.15, -0.1) is 0 Å². The first-order chi connectivity index (χ1) is 5.18. The molecule has 0 aromatic heterocycles. The van der Waals surface area contributed by atoms with Crippen molar-refractivity contribution >= 4 is 6.02 Å². The van der Waals surface area contributed by atoms with Gasteiger partial charge in [0.1, 0.15) is 12.1 Å². The van der Waals surface area contributed by atoms with Gasteiger partial charge in [0.05, 0.1) is 0 Å². The average Bonchev–Trinajstić information content (AvgIpc) is 2.63. The summed E-state index contributed by atoms with van der Waals surface area (Å²) in [6, 6.07) is -1.01. The number of rotatable bonds is 1. The zero-order chi connectivity index (χ0) is 8.01. The summed E-state index contributed by atoms with van der Waals surface area (Å²) in [5.41, 5.74) is 5.17. The minimum absolute atomic E-state index is 0.0888. The maximum Gasteiger partial charge on any atom is 0.282 e. The topological polar surface area (TPSA) is 47.6 Å². The van der Waals surface area contributed by atoms with Gasteiger partial charge in [0, 0.05) is 5.92 Å². The Hall–Kier alpha value is -0.870. The second-order valence-electron chi connectivity index (χ2n) is 2.85. The van der Waals surface area contributed by atoms with Crippen LogP contribution in [0.15, 0.2) is 4.99 Å². The number of nitrogens with two attached hydrogens (primary N) is 1. The quantitative estimate of drug-likeness (QED) is 0.604. The van der Waals surface area contributed by atoms with E-state index in [1.807, 2.05) is 0 Å². The third kappa shape index (κ3) is 1.04. The lowest BCUT2D eigenvalue weighted by Gasteiger charge is -2.17. The van der Waals surface area contributed by atoms with Crippen molar-refractivity contribution in [2.75, 3.05) is 0 Å². The molecular formula is C6H8F2N2O. The number of amidine groups is 1. The number of alkyl halides is 2. The molecule has 3 nitrogen and oxygen atoms in total. The number of ether oxygens (including phenoxy) is 1. The summed E-state index contributed by atoms with van der Waals surface area (Å²) < 4.78 is 29.2. The van der Waals surface area contributed by atoms with Gasteiger partial charge < -0.3 is 10.5 Å². The van der Waals surface area contributed by atoms with Crippen LogP contribution in [0.2, 0.25) is 0 Å². The molecule has 1 aliphatic carbocycles. The van der Waals surface area contributed by atoms with Crippen molar-refractivity contribution in [2.24, 2.45) is 16.6 Å². The first-order valence-corrected chi connectivity index (χ1v) is 3.46. The number of hydrogen-bond acceptors (Lipinski definition) is 3. The molecule has 0 aromatic carbocycles. The molecule has 3 unspecified atom stereocenters. The number of aliphatic imine (C=N–C) groups is 1. The molecule has 0 amide bonds. The zero-order valence-corrected chi connectivity index (χ0v) is 5.71. The molecule has 1 heterocycles. The van der Waals surface area contributed by atoms with Crippen molar-refractivity contribution in [3.63, 3.8) is 0 Å². The van der Waals surface area contributed by atoms with E-state index in [0.29, 0.717) is 6.42 Å². The van der Waals surface area contributed by atoms with Crippen molar-refractivity contribution in [1.29, 1.82) is 0 Å². The van der Waals surface area contributed by atoms with Crippen LogP contribution in [0.3, 0.4) is 0 Å². The van der Waals surface area contributed by atoms with Crippen LogP contribution in [0.5, 0.6) is 0 Å². The molecule has 0 bridgehead atoms. The molecule has 0 aromatic rings. The third-order valence-corrected chi connectivity index (χ3v) is 2.02. The van der Waals surface area contributed by atoms with Gasteiger partial charge in [-0.25, -0.2) is 13.8 Å². The van der Waals surface area contributed by atoms with Crippen molar-refractivity contribution in [2.45, 2.75) is 25.0 Å². The van der Waals surface area contributed by atoms with Crippen molar-refractivity contribution in [3.8, 4) is 0 Å². The summed E-state index contributed by atoms with van der Waals surface area (Å²) in [6.45, 7) is 0. The van der Waals surface area contributed by atoms with Crippen LogP contribution in [0.4, 0.5) is 8.78 Å². The van der Waals surface area contributed by atoms with Crippen LogP contribution in [0.1, 0.15) is 6.42 Å². The molecule has 2 rings (SSSR count). The summed E-state index contributed by atoms with van der Waals surface area (Å²) in [5.74, 6) is -0.0951. The van der Waals surface area contributed by atoms with Gasteiger partial charge in [0.2, 0.25) is 0 Å². The maximum atomic E-state index is 12.2. The molecule has 3 atom stereocenters. The van der Waals surface area contributed by atoms with Gasteiger partial charge >= 0.3 is 0 Å². The molecule has 0 saturated heterocycles. The first-order valence-electron chi connectivity index (χ1n) is 3.46. The summed E-state index contributed by atoms with van der Waals surface area (Å²) in [5, 5.41) is 0. The van der Waals surface area contributed by atoms with E-state index in [9.17, 15) is 8.78 Å². The lowest BCUT2D eigenvalue weighted by atomic mass is 10.2. The number of nitrogens with zero attached hydrogens (tertiary/aromatic N) is 1. The Bertz CT molecular complexity index is 207. The fraction of sp³-hybridized carbons (Fsp3) is 0.833. The Morgan fingerprint density at radius 1 is 1.64 bits per heavy atom. The highest BCUT2D eigenvalue weighted by Gasteiger charge is 2.51. The summed E-state index contributed by atoms with van der Waals surface area (Å²) >= 11 is 0. The van der Waals surface area contributed by atoms with Gasteiger partial charge in [0.15, 0.2) is 0 Å². The molecule has 2 aliphatic rings. The lowest BCUT2D eigenvalue weighted by molar-refractivity contribution is 0.0878. The van der Waals surface area contributed by atoms with E-state index in [4.69, 9.17) is 10.5 Å². The maximum absolute atomic E-state index is 12.2. The van der Waals surface area contributed by atoms with E-state index >= 15 is 0 Å². The zero-order valence-electron chi connectivity index (χ0n) is 5.71. The van der Waals surface area contributed by atoms with E-state index in [1.165, 1.54) is 0 Å². The smallest absolute Gasteiger partial charge is 0.282 e. The van der Waals surface area contributed by atoms with E-state index in [0.717, 1.165) is 0 Å². The normalized spacial score (nSPS) is 41.0. The van der Waals surface area contributed by atoms with Crippen LogP contribution < -0.4 is 5.73 Å². The van der Waals surface area contributed by atoms with Gasteiger partial charge in [-0.1, -0.05) is 0 Å². The van der Waals surface area contributed by atoms with Crippen LogP contribution >= 0.6 is 0 Å². The predicted molar refractivity (Wildman–Crippen MR) is 34.4 cm³/mol. The molecule has 1 fully saturated rings.